The molecule has 0 amide bonds. The number of hydrogen-bond acceptors (Lipinski definition) is 4. The molecule has 59 heavy (non-hydrogen) atoms. The molecule has 4 nitrogen and oxygen atoms in total. The van der Waals surface area contributed by atoms with Gasteiger partial charge in [-0.1, -0.05) is 147 Å². The predicted molar refractivity (Wildman–Crippen MR) is 237 cm³/mol. The molecule has 4 heteroatoms. The van der Waals surface area contributed by atoms with Crippen molar-refractivity contribution in [1.29, 1.82) is 0 Å². The van der Waals surface area contributed by atoms with Gasteiger partial charge in [0.1, 0.15) is 11.5 Å². The van der Waals surface area contributed by atoms with Gasteiger partial charge in [0.05, 0.1) is 16.8 Å². The van der Waals surface area contributed by atoms with Crippen LogP contribution in [-0.4, -0.2) is 15.0 Å². The third-order valence-electron chi connectivity index (χ3n) is 12.9. The minimum absolute atomic E-state index is 0.188. The zero-order chi connectivity index (χ0) is 39.3. The minimum atomic E-state index is -0.774. The molecular formula is C55H37N3O. The molecule has 0 bridgehead atoms. The SMILES string of the molecule is CC1(C)c2ccccc2-c2cc3c(cc21)Oc1ccccc1C31c2ccccc2-c2ccccc2-c2ccc(-c3cc(-c4ccccc4)nc(-c4cccnc4)n3)cc21. The van der Waals surface area contributed by atoms with Gasteiger partial charge in [0.2, 0.25) is 0 Å². The van der Waals surface area contributed by atoms with E-state index in [4.69, 9.17) is 14.7 Å². The number of para-hydroxylation sites is 1. The lowest BCUT2D eigenvalue weighted by Crippen LogP contribution is -2.35. The first-order valence-electron chi connectivity index (χ1n) is 20.3. The molecule has 7 aromatic carbocycles. The van der Waals surface area contributed by atoms with Crippen molar-refractivity contribution < 1.29 is 4.74 Å². The molecule has 0 radical (unpaired) electrons. The van der Waals surface area contributed by atoms with E-state index in [2.05, 4.69) is 177 Å². The molecule has 0 saturated heterocycles. The van der Waals surface area contributed by atoms with Crippen LogP contribution in [-0.2, 0) is 10.8 Å². The topological polar surface area (TPSA) is 47.9 Å². The Kier molecular flexibility index (Phi) is 7.16. The van der Waals surface area contributed by atoms with Gasteiger partial charge >= 0.3 is 0 Å². The summed E-state index contributed by atoms with van der Waals surface area (Å²) in [4.78, 5) is 14.8. The van der Waals surface area contributed by atoms with Crippen molar-refractivity contribution in [3.8, 4) is 78.8 Å². The van der Waals surface area contributed by atoms with Gasteiger partial charge < -0.3 is 4.74 Å². The lowest BCUT2D eigenvalue weighted by Gasteiger charge is -2.43. The Morgan fingerprint density at radius 2 is 1.00 bits per heavy atom. The number of aromatic nitrogens is 3. The van der Waals surface area contributed by atoms with Gasteiger partial charge in [-0.15, -0.1) is 0 Å². The first-order chi connectivity index (χ1) is 29.0. The number of ether oxygens (including phenoxy) is 1. The molecule has 2 aliphatic carbocycles. The highest BCUT2D eigenvalue weighted by molar-refractivity contribution is 5.95. The first-order valence-corrected chi connectivity index (χ1v) is 20.3. The second-order valence-electron chi connectivity index (χ2n) is 16.3. The standard InChI is InChI=1S/C55H37N3O/c1-54(2)43-22-10-8-21-40(43)42-30-48-52(31-46(42)54)59-51-25-13-12-24-45(51)55(48)44-23-11-9-20-39(44)37-18-6-7-19-38(37)41-27-26-35(29-47(41)55)50-32-49(34-15-4-3-5-16-34)57-53(58-50)36-17-14-28-56-33-36/h3-33H,1-2H3. The quantitative estimate of drug-likeness (QED) is 0.180. The predicted octanol–water partition coefficient (Wildman–Crippen LogP) is 13.3. The number of benzene rings is 7. The Morgan fingerprint density at radius 3 is 1.75 bits per heavy atom. The molecule has 1 unspecified atom stereocenters. The number of rotatable bonds is 3. The van der Waals surface area contributed by atoms with E-state index >= 15 is 0 Å². The molecule has 9 aromatic rings. The van der Waals surface area contributed by atoms with Crippen molar-refractivity contribution in [3.05, 3.63) is 222 Å². The van der Waals surface area contributed by atoms with E-state index in [0.29, 0.717) is 5.82 Å². The normalized spacial score (nSPS) is 16.0. The Labute approximate surface area is 343 Å². The van der Waals surface area contributed by atoms with Crippen LogP contribution in [0.25, 0.3) is 67.3 Å². The van der Waals surface area contributed by atoms with Gasteiger partial charge in [-0.25, -0.2) is 9.97 Å². The van der Waals surface area contributed by atoms with Gasteiger partial charge in [0, 0.05) is 45.6 Å². The average Bonchev–Trinajstić information content (AvgIpc) is 3.46. The fraction of sp³-hybridized carbons (Fsp3) is 0.0727. The third-order valence-corrected chi connectivity index (χ3v) is 12.9. The van der Waals surface area contributed by atoms with Gasteiger partial charge in [-0.05, 0) is 98.1 Å². The Bertz CT molecular complexity index is 3110. The highest BCUT2D eigenvalue weighted by Gasteiger charge is 2.50. The molecule has 3 heterocycles. The Morgan fingerprint density at radius 1 is 0.390 bits per heavy atom. The van der Waals surface area contributed by atoms with E-state index < -0.39 is 5.41 Å². The lowest BCUT2D eigenvalue weighted by molar-refractivity contribution is 0.433. The van der Waals surface area contributed by atoms with Crippen molar-refractivity contribution in [3.63, 3.8) is 0 Å². The van der Waals surface area contributed by atoms with Crippen molar-refractivity contribution in [1.82, 2.24) is 15.0 Å². The molecule has 12 rings (SSSR count). The monoisotopic (exact) mass is 755 g/mol. The summed E-state index contributed by atoms with van der Waals surface area (Å²) >= 11 is 0. The maximum atomic E-state index is 7.09. The van der Waals surface area contributed by atoms with Crippen molar-refractivity contribution in [2.75, 3.05) is 0 Å². The van der Waals surface area contributed by atoms with Gasteiger partial charge in [-0.3, -0.25) is 4.98 Å². The summed E-state index contributed by atoms with van der Waals surface area (Å²) in [5.41, 5.74) is 18.2. The molecule has 1 spiro atoms. The number of fused-ring (bicyclic) bond motifs is 14. The lowest BCUT2D eigenvalue weighted by atomic mass is 9.61. The van der Waals surface area contributed by atoms with Crippen LogP contribution in [0.1, 0.15) is 47.2 Å². The van der Waals surface area contributed by atoms with Crippen molar-refractivity contribution >= 4 is 0 Å². The fourth-order valence-corrected chi connectivity index (χ4v) is 10.2. The molecule has 0 N–H and O–H groups in total. The Hall–Kier alpha value is -7.43. The summed E-state index contributed by atoms with van der Waals surface area (Å²) in [5, 5.41) is 0. The van der Waals surface area contributed by atoms with Gasteiger partial charge in [0.25, 0.3) is 0 Å². The van der Waals surface area contributed by atoms with Gasteiger partial charge in [-0.2, -0.15) is 0 Å². The van der Waals surface area contributed by atoms with Crippen LogP contribution in [0.3, 0.4) is 0 Å². The average molecular weight is 756 g/mol. The smallest absolute Gasteiger partial charge is 0.161 e. The second-order valence-corrected chi connectivity index (χ2v) is 16.3. The molecule has 0 saturated carbocycles. The zero-order valence-corrected chi connectivity index (χ0v) is 32.6. The molecule has 278 valence electrons. The number of nitrogens with zero attached hydrogens (tertiary/aromatic N) is 3. The summed E-state index contributed by atoms with van der Waals surface area (Å²) in [7, 11) is 0. The largest absolute Gasteiger partial charge is 0.457 e. The molecule has 0 fully saturated rings. The highest BCUT2D eigenvalue weighted by atomic mass is 16.5. The molecule has 1 aliphatic heterocycles. The summed E-state index contributed by atoms with van der Waals surface area (Å²) in [6.07, 6.45) is 3.62. The van der Waals surface area contributed by atoms with Crippen molar-refractivity contribution in [2.24, 2.45) is 0 Å². The second kappa shape index (κ2) is 12.5. The van der Waals surface area contributed by atoms with Crippen molar-refractivity contribution in [2.45, 2.75) is 24.7 Å². The number of pyridine rings is 1. The van der Waals surface area contributed by atoms with E-state index in [0.717, 1.165) is 50.7 Å². The van der Waals surface area contributed by atoms with E-state index in [-0.39, 0.29) is 5.41 Å². The first kappa shape index (κ1) is 33.7. The van der Waals surface area contributed by atoms with Crippen LogP contribution >= 0.6 is 0 Å². The summed E-state index contributed by atoms with van der Waals surface area (Å²) in [5.74, 6) is 2.37. The Balaban J connectivity index is 1.22. The van der Waals surface area contributed by atoms with E-state index in [9.17, 15) is 0 Å². The maximum Gasteiger partial charge on any atom is 0.161 e. The van der Waals surface area contributed by atoms with E-state index in [1.54, 1.807) is 6.20 Å². The van der Waals surface area contributed by atoms with Crippen LogP contribution in [0, 0.1) is 0 Å². The molecule has 1 atom stereocenters. The van der Waals surface area contributed by atoms with Gasteiger partial charge in [0.15, 0.2) is 5.82 Å². The third kappa shape index (κ3) is 4.80. The summed E-state index contributed by atoms with van der Waals surface area (Å²) in [6.45, 7) is 4.67. The van der Waals surface area contributed by atoms with E-state index in [1.807, 2.05) is 24.4 Å². The van der Waals surface area contributed by atoms with Crippen LogP contribution in [0.5, 0.6) is 11.5 Å². The van der Waals surface area contributed by atoms with Crippen LogP contribution in [0.15, 0.2) is 188 Å². The molecule has 2 aromatic heterocycles. The minimum Gasteiger partial charge on any atom is -0.457 e. The zero-order valence-electron chi connectivity index (χ0n) is 32.6. The summed E-state index contributed by atoms with van der Waals surface area (Å²) < 4.78 is 7.09. The summed E-state index contributed by atoms with van der Waals surface area (Å²) in [6, 6.07) is 63.6. The molecule has 3 aliphatic rings. The fourth-order valence-electron chi connectivity index (χ4n) is 10.2. The number of hydrogen-bond donors (Lipinski definition) is 0. The van der Waals surface area contributed by atoms with E-state index in [1.165, 1.54) is 55.6 Å². The van der Waals surface area contributed by atoms with Crippen LogP contribution in [0.2, 0.25) is 0 Å². The maximum absolute atomic E-state index is 7.09. The van der Waals surface area contributed by atoms with Crippen LogP contribution < -0.4 is 4.74 Å². The highest BCUT2D eigenvalue weighted by Crippen LogP contribution is 2.63. The molecular weight excluding hydrogens is 719 g/mol. The van der Waals surface area contributed by atoms with Crippen LogP contribution in [0.4, 0.5) is 0 Å².